The van der Waals surface area contributed by atoms with Gasteiger partial charge in [0.1, 0.15) is 48.8 Å². The maximum atomic E-state index is 11.8. The second kappa shape index (κ2) is 18.1. The van der Waals surface area contributed by atoms with Gasteiger partial charge in [-0.2, -0.15) is 0 Å². The molecule has 0 amide bonds. The van der Waals surface area contributed by atoms with Crippen LogP contribution in [0.5, 0.6) is 0 Å². The number of aliphatic hydroxyl groups is 5. The zero-order valence-corrected chi connectivity index (χ0v) is 23.2. The summed E-state index contributed by atoms with van der Waals surface area (Å²) in [7, 11) is 1.36. The van der Waals surface area contributed by atoms with Gasteiger partial charge in [0.25, 0.3) is 0 Å². The predicted molar refractivity (Wildman–Crippen MR) is 139 cm³/mol. The van der Waals surface area contributed by atoms with E-state index in [2.05, 4.69) is 15.9 Å². The van der Waals surface area contributed by atoms with E-state index in [9.17, 15) is 35.9 Å². The molecule has 0 saturated carbocycles. The molecule has 10 atom stereocenters. The molecule has 40 heavy (non-hydrogen) atoms. The van der Waals surface area contributed by atoms with Crippen LogP contribution in [0.4, 0.5) is 0 Å². The van der Waals surface area contributed by atoms with E-state index in [0.717, 1.165) is 13.0 Å². The summed E-state index contributed by atoms with van der Waals surface area (Å²) < 4.78 is 22.4. The molecule has 17 heteroatoms. The number of ether oxygens (including phenoxy) is 4. The van der Waals surface area contributed by atoms with Gasteiger partial charge in [0.05, 0.1) is 25.8 Å². The Balaban J connectivity index is 1.88. The molecule has 2 saturated heterocycles. The van der Waals surface area contributed by atoms with Crippen LogP contribution in [0.2, 0.25) is 0 Å². The van der Waals surface area contributed by atoms with Crippen LogP contribution < -0.4 is 16.4 Å². The van der Waals surface area contributed by atoms with E-state index >= 15 is 0 Å². The van der Waals surface area contributed by atoms with Crippen molar-refractivity contribution in [2.24, 2.45) is 11.0 Å². The van der Waals surface area contributed by atoms with Crippen LogP contribution in [0.15, 0.2) is 5.28 Å². The first-order valence-corrected chi connectivity index (χ1v) is 13.7. The number of nitrogens with one attached hydrogen (secondary N) is 2. The maximum Gasteiger partial charge on any atom is 0.187 e. The highest BCUT2D eigenvalue weighted by atomic mass is 16.7. The standard InChI is InChI=1S/C23H48N6O11/c1-14-17(31)18(32)22(16(13-30)38-14)40-23-20(34)19(33)21(37-2)15(39-23)12-26-9-5-11-28(29(36)27-35)10-4-8-25-7-3-6-24/h14-23,25-26,30-35H,3-13,24H2,1-2H3/p-1/b29-27-/t14-,15-,16-,17+,18-,19-,20-,21?,22?,23-/m1/s1. The van der Waals surface area contributed by atoms with E-state index < -0.39 is 67.8 Å². The van der Waals surface area contributed by atoms with E-state index in [-0.39, 0.29) is 18.1 Å². The van der Waals surface area contributed by atoms with Gasteiger partial charge in [-0.25, -0.2) is 0 Å². The van der Waals surface area contributed by atoms with E-state index in [0.29, 0.717) is 39.0 Å². The van der Waals surface area contributed by atoms with E-state index in [1.165, 1.54) is 12.1 Å². The second-order valence-electron chi connectivity index (χ2n) is 9.96. The minimum absolute atomic E-state index is 0.0332. The van der Waals surface area contributed by atoms with Gasteiger partial charge in [-0.05, 0) is 57.6 Å². The molecule has 236 valence electrons. The van der Waals surface area contributed by atoms with Gasteiger partial charge in [0.2, 0.25) is 0 Å². The fourth-order valence-electron chi connectivity index (χ4n) is 4.77. The number of hydrogen-bond donors (Lipinski definition) is 8. The van der Waals surface area contributed by atoms with Crippen LogP contribution in [0.3, 0.4) is 0 Å². The number of nitrogens with zero attached hydrogens (tertiary/aromatic N) is 3. The van der Waals surface area contributed by atoms with Crippen LogP contribution in [0.25, 0.3) is 0 Å². The number of rotatable bonds is 18. The number of methoxy groups -OCH3 is 1. The Morgan fingerprint density at radius 1 is 0.925 bits per heavy atom. The normalized spacial score (nSPS) is 35.1. The lowest BCUT2D eigenvalue weighted by Gasteiger charge is -2.46. The summed E-state index contributed by atoms with van der Waals surface area (Å²) >= 11 is 0. The van der Waals surface area contributed by atoms with Gasteiger partial charge in [0.15, 0.2) is 6.29 Å². The molecule has 2 aliphatic rings. The molecule has 2 fully saturated rings. The minimum Gasteiger partial charge on any atom is -0.737 e. The summed E-state index contributed by atoms with van der Waals surface area (Å²) in [5, 5.41) is 84.2. The molecule has 0 aromatic carbocycles. The Labute approximate surface area is 234 Å². The largest absolute Gasteiger partial charge is 0.737 e. The lowest BCUT2D eigenvalue weighted by atomic mass is 9.95. The van der Waals surface area contributed by atoms with Crippen molar-refractivity contribution in [3.63, 3.8) is 0 Å². The third kappa shape index (κ3) is 9.81. The first-order chi connectivity index (χ1) is 19.2. The third-order valence-electron chi connectivity index (χ3n) is 7.06. The first kappa shape index (κ1) is 34.7. The van der Waals surface area contributed by atoms with Crippen molar-refractivity contribution in [3.05, 3.63) is 10.4 Å². The second-order valence-corrected chi connectivity index (χ2v) is 9.96. The molecule has 0 bridgehead atoms. The molecule has 2 heterocycles. The van der Waals surface area contributed by atoms with Crippen molar-refractivity contribution in [3.8, 4) is 0 Å². The van der Waals surface area contributed by atoms with Crippen molar-refractivity contribution >= 4 is 0 Å². The molecule has 0 aromatic heterocycles. The van der Waals surface area contributed by atoms with Crippen LogP contribution >= 0.6 is 0 Å². The Bertz CT molecular complexity index is 727. The van der Waals surface area contributed by atoms with Crippen LogP contribution in [0, 0.1) is 10.4 Å². The van der Waals surface area contributed by atoms with Crippen LogP contribution in [-0.2, 0) is 18.9 Å². The number of hydrazine groups is 1. The predicted octanol–water partition coefficient (Wildman–Crippen LogP) is -3.68. The smallest absolute Gasteiger partial charge is 0.187 e. The third-order valence-corrected chi connectivity index (χ3v) is 7.06. The molecular weight excluding hydrogens is 536 g/mol. The van der Waals surface area contributed by atoms with Gasteiger partial charge in [-0.15, -0.1) is 5.01 Å². The molecular formula is C23H47N6O11-. The van der Waals surface area contributed by atoms with Crippen LogP contribution in [0.1, 0.15) is 26.2 Å². The molecule has 0 aromatic rings. The lowest BCUT2D eigenvalue weighted by molar-refractivity contribution is -0.690. The van der Waals surface area contributed by atoms with Crippen molar-refractivity contribution in [1.29, 1.82) is 0 Å². The SMILES string of the molecule is COC1[C@@H](CNCCCN(CCCNCCCN)/[N+]([O-])=N/[O-])O[C@H](OC2[C@@H](CO)O[C@H](C)[C@H](O)[C@H]2O)[C@H](O)[C@H]1O. The van der Waals surface area contributed by atoms with E-state index in [1.54, 1.807) is 6.92 Å². The molecule has 2 rings (SSSR count). The minimum atomic E-state index is -1.55. The quantitative estimate of drug-likeness (QED) is 0.0335. The Kier molecular flexibility index (Phi) is 15.7. The van der Waals surface area contributed by atoms with Gasteiger partial charge in [-0.1, -0.05) is 0 Å². The summed E-state index contributed by atoms with van der Waals surface area (Å²) in [6.45, 7) is 4.22. The number of aliphatic hydroxyl groups excluding tert-OH is 5. The molecule has 17 nitrogen and oxygen atoms in total. The average Bonchev–Trinajstić information content (AvgIpc) is 2.95. The Hall–Kier alpha value is -1.48. The highest BCUT2D eigenvalue weighted by Crippen LogP contribution is 2.29. The summed E-state index contributed by atoms with van der Waals surface area (Å²) in [5.74, 6) is 0. The highest BCUT2D eigenvalue weighted by molar-refractivity contribution is 4.95. The first-order valence-electron chi connectivity index (χ1n) is 13.7. The van der Waals surface area contributed by atoms with Crippen molar-refractivity contribution in [1.82, 2.24) is 15.6 Å². The Morgan fingerprint density at radius 2 is 1.55 bits per heavy atom. The van der Waals surface area contributed by atoms with Crippen LogP contribution in [-0.4, -0.2) is 156 Å². The number of nitrogens with two attached hydrogens (primary N) is 1. The van der Waals surface area contributed by atoms with Gasteiger partial charge < -0.3 is 71.3 Å². The molecule has 2 unspecified atom stereocenters. The molecule has 9 N–H and O–H groups in total. The summed E-state index contributed by atoms with van der Waals surface area (Å²) in [6, 6.07) is 0. The van der Waals surface area contributed by atoms with Gasteiger partial charge in [0, 0.05) is 18.6 Å². The molecule has 0 aliphatic carbocycles. The van der Waals surface area contributed by atoms with Crippen molar-refractivity contribution in [2.45, 2.75) is 87.4 Å². The van der Waals surface area contributed by atoms with Gasteiger partial charge in [-0.3, -0.25) is 0 Å². The summed E-state index contributed by atoms with van der Waals surface area (Å²) in [4.78, 5) is 0.0332. The lowest BCUT2D eigenvalue weighted by Crippen LogP contribution is -2.65. The summed E-state index contributed by atoms with van der Waals surface area (Å²) in [5.41, 5.74) is 5.45. The van der Waals surface area contributed by atoms with E-state index in [1.807, 2.05) is 0 Å². The fourth-order valence-corrected chi connectivity index (χ4v) is 4.77. The zero-order chi connectivity index (χ0) is 29.7. The molecule has 0 radical (unpaired) electrons. The van der Waals surface area contributed by atoms with E-state index in [4.69, 9.17) is 24.7 Å². The maximum absolute atomic E-state index is 11.8. The zero-order valence-electron chi connectivity index (χ0n) is 23.2. The van der Waals surface area contributed by atoms with Gasteiger partial charge >= 0.3 is 0 Å². The fraction of sp³-hybridized carbons (Fsp3) is 1.00. The number of hydrogen-bond acceptors (Lipinski definition) is 15. The molecule has 2 aliphatic heterocycles. The average molecular weight is 584 g/mol. The molecule has 0 spiro atoms. The monoisotopic (exact) mass is 583 g/mol. The highest BCUT2D eigenvalue weighted by Gasteiger charge is 2.50. The Morgan fingerprint density at radius 3 is 2.15 bits per heavy atom. The summed E-state index contributed by atoms with van der Waals surface area (Å²) in [6.07, 6.45) is -9.87. The van der Waals surface area contributed by atoms with Crippen molar-refractivity contribution in [2.75, 3.05) is 59.5 Å². The topological polar surface area (TPSA) is 253 Å². The van der Waals surface area contributed by atoms with Crippen molar-refractivity contribution < 1.29 is 49.4 Å².